The fourth-order valence-electron chi connectivity index (χ4n) is 9.97. The Morgan fingerprint density at radius 1 is 1.12 bits per heavy atom. The van der Waals surface area contributed by atoms with E-state index < -0.39 is 0 Å². The van der Waals surface area contributed by atoms with Gasteiger partial charge in [-0.3, -0.25) is 4.68 Å². The smallest absolute Gasteiger partial charge is 0.102 e. The predicted octanol–water partition coefficient (Wildman–Crippen LogP) is 6.97. The molecule has 0 radical (unpaired) electrons. The lowest BCUT2D eigenvalue weighted by Gasteiger charge is -2.62. The topological polar surface area (TPSA) is 61.8 Å². The maximum Gasteiger partial charge on any atom is 0.102 e. The number of nitrogens with zero attached hydrogens (tertiary/aromatic N) is 3. The third-order valence-corrected chi connectivity index (χ3v) is 11.8. The van der Waals surface area contributed by atoms with Gasteiger partial charge in [0.1, 0.15) is 6.07 Å². The molecule has 0 aliphatic heterocycles. The van der Waals surface area contributed by atoms with Gasteiger partial charge in [-0.05, 0) is 111 Å². The summed E-state index contributed by atoms with van der Waals surface area (Å²) in [4.78, 5) is 0. The SMILES string of the molecule is CCCC[C@@]1(O)CC[C@@]2(C)[C@H](CC[C@@H]3[C@@H]2CC[C@]2(C)[C@@H]([C@H](C)Cn4cc(C#N)cn4)CC[C@@H]32)C1. The van der Waals surface area contributed by atoms with Crippen LogP contribution in [-0.2, 0) is 6.54 Å². The van der Waals surface area contributed by atoms with Gasteiger partial charge in [-0.1, -0.05) is 40.5 Å². The maximum atomic E-state index is 11.4. The van der Waals surface area contributed by atoms with Gasteiger partial charge >= 0.3 is 0 Å². The largest absolute Gasteiger partial charge is 0.390 e. The number of fused-ring (bicyclic) bond motifs is 5. The number of unbranched alkanes of at least 4 members (excludes halogenated alkanes) is 1. The van der Waals surface area contributed by atoms with Crippen LogP contribution in [0.3, 0.4) is 0 Å². The van der Waals surface area contributed by atoms with Crippen molar-refractivity contribution in [3.8, 4) is 6.07 Å². The summed E-state index contributed by atoms with van der Waals surface area (Å²) in [6.45, 7) is 10.9. The Hall–Kier alpha value is -1.34. The minimum Gasteiger partial charge on any atom is -0.390 e. The average Bonchev–Trinajstić information content (AvgIpc) is 3.42. The van der Waals surface area contributed by atoms with Crippen molar-refractivity contribution in [2.45, 2.75) is 117 Å². The Balaban J connectivity index is 1.29. The molecule has 5 rings (SSSR count). The van der Waals surface area contributed by atoms with Gasteiger partial charge in [0.05, 0.1) is 17.4 Å². The van der Waals surface area contributed by atoms with Gasteiger partial charge in [-0.2, -0.15) is 10.4 Å². The van der Waals surface area contributed by atoms with Crippen LogP contribution in [0.2, 0.25) is 0 Å². The van der Waals surface area contributed by atoms with Gasteiger partial charge in [0, 0.05) is 12.7 Å². The van der Waals surface area contributed by atoms with Crippen molar-refractivity contribution < 1.29 is 5.11 Å². The Kier molecular flexibility index (Phi) is 6.41. The quantitative estimate of drug-likeness (QED) is 0.493. The highest BCUT2D eigenvalue weighted by Crippen LogP contribution is 2.69. The van der Waals surface area contributed by atoms with E-state index in [1.54, 1.807) is 6.20 Å². The van der Waals surface area contributed by atoms with E-state index in [9.17, 15) is 5.11 Å². The molecule has 4 fully saturated rings. The van der Waals surface area contributed by atoms with Crippen LogP contribution in [-0.4, -0.2) is 20.5 Å². The third kappa shape index (κ3) is 3.95. The monoisotopic (exact) mass is 465 g/mol. The first-order valence-corrected chi connectivity index (χ1v) is 14.4. The number of aliphatic hydroxyl groups is 1. The van der Waals surface area contributed by atoms with Crippen LogP contribution in [0.4, 0.5) is 0 Å². The van der Waals surface area contributed by atoms with Crippen molar-refractivity contribution >= 4 is 0 Å². The van der Waals surface area contributed by atoms with Gasteiger partial charge in [0.25, 0.3) is 0 Å². The number of nitriles is 1. The van der Waals surface area contributed by atoms with Gasteiger partial charge in [-0.25, -0.2) is 0 Å². The molecule has 4 nitrogen and oxygen atoms in total. The van der Waals surface area contributed by atoms with E-state index in [2.05, 4.69) is 38.9 Å². The van der Waals surface area contributed by atoms with Crippen LogP contribution in [0.5, 0.6) is 0 Å². The number of rotatable bonds is 6. The number of aromatic nitrogens is 2. The van der Waals surface area contributed by atoms with Crippen molar-refractivity contribution in [3.63, 3.8) is 0 Å². The number of hydrogen-bond acceptors (Lipinski definition) is 3. The van der Waals surface area contributed by atoms with Gasteiger partial charge in [0.15, 0.2) is 0 Å². The second-order valence-electron chi connectivity index (χ2n) is 13.5. The summed E-state index contributed by atoms with van der Waals surface area (Å²) in [5, 5.41) is 25.0. The van der Waals surface area contributed by atoms with E-state index in [1.165, 1.54) is 57.8 Å². The Morgan fingerprint density at radius 3 is 2.65 bits per heavy atom. The highest BCUT2D eigenvalue weighted by molar-refractivity contribution is 5.21. The van der Waals surface area contributed by atoms with Gasteiger partial charge in [0.2, 0.25) is 0 Å². The highest BCUT2D eigenvalue weighted by atomic mass is 16.3. The lowest BCUT2D eigenvalue weighted by Crippen LogP contribution is -2.56. The summed E-state index contributed by atoms with van der Waals surface area (Å²) < 4.78 is 2.00. The Labute approximate surface area is 207 Å². The predicted molar refractivity (Wildman–Crippen MR) is 136 cm³/mol. The zero-order chi connectivity index (χ0) is 24.1. The number of hydrogen-bond donors (Lipinski definition) is 1. The summed E-state index contributed by atoms with van der Waals surface area (Å²) in [7, 11) is 0. The van der Waals surface area contributed by atoms with Crippen LogP contribution in [0.15, 0.2) is 12.4 Å². The molecule has 0 aromatic carbocycles. The first-order chi connectivity index (χ1) is 16.2. The molecule has 0 saturated heterocycles. The normalized spacial score (nSPS) is 44.5. The fraction of sp³-hybridized carbons (Fsp3) is 0.867. The molecule has 4 aliphatic carbocycles. The standard InChI is InChI=1S/C30H47N3O/c1-5-6-12-30(34)15-14-28(3)23(16-30)7-8-24-26-10-9-25(29(26,4)13-11-27(24)28)21(2)19-33-20-22(17-31)18-32-33/h18,20-21,23-27,34H,5-16,19H2,1-4H3/t21-,23-,24+,25-,26+,27+,28+,29-,30-/m1/s1. The van der Waals surface area contributed by atoms with Crippen LogP contribution < -0.4 is 0 Å². The molecule has 0 amide bonds. The lowest BCUT2D eigenvalue weighted by atomic mass is 9.43. The van der Waals surface area contributed by atoms with E-state index in [1.807, 2.05) is 10.9 Å². The van der Waals surface area contributed by atoms with E-state index >= 15 is 0 Å². The van der Waals surface area contributed by atoms with Crippen molar-refractivity contribution in [1.82, 2.24) is 9.78 Å². The minimum absolute atomic E-state index is 0.387. The summed E-state index contributed by atoms with van der Waals surface area (Å²) in [6, 6.07) is 2.22. The van der Waals surface area contributed by atoms with E-state index in [4.69, 9.17) is 5.26 Å². The second-order valence-corrected chi connectivity index (χ2v) is 13.5. The van der Waals surface area contributed by atoms with Gasteiger partial charge in [-0.15, -0.1) is 0 Å². The fourth-order valence-corrected chi connectivity index (χ4v) is 9.97. The molecule has 0 spiro atoms. The van der Waals surface area contributed by atoms with E-state index in [0.717, 1.165) is 55.4 Å². The van der Waals surface area contributed by atoms with Crippen LogP contribution in [0.1, 0.15) is 110 Å². The molecule has 1 aromatic rings. The average molecular weight is 466 g/mol. The molecule has 34 heavy (non-hydrogen) atoms. The zero-order valence-corrected chi connectivity index (χ0v) is 22.1. The molecular weight excluding hydrogens is 418 g/mol. The first kappa shape index (κ1) is 24.4. The molecule has 1 aromatic heterocycles. The molecule has 188 valence electrons. The molecule has 1 N–H and O–H groups in total. The van der Waals surface area contributed by atoms with Crippen LogP contribution >= 0.6 is 0 Å². The molecule has 4 heteroatoms. The van der Waals surface area contributed by atoms with Crippen molar-refractivity contribution in [1.29, 1.82) is 5.26 Å². The second kappa shape index (κ2) is 8.95. The lowest BCUT2D eigenvalue weighted by molar-refractivity contribution is -0.154. The summed E-state index contributed by atoms with van der Waals surface area (Å²) >= 11 is 0. The molecule has 1 heterocycles. The molecule has 0 unspecified atom stereocenters. The summed E-state index contributed by atoms with van der Waals surface area (Å²) in [5.41, 5.74) is 1.17. The highest BCUT2D eigenvalue weighted by Gasteiger charge is 2.61. The molecule has 0 bridgehead atoms. The molecule has 9 atom stereocenters. The van der Waals surface area contributed by atoms with Crippen LogP contribution in [0, 0.1) is 57.7 Å². The zero-order valence-electron chi connectivity index (χ0n) is 22.1. The maximum absolute atomic E-state index is 11.4. The third-order valence-electron chi connectivity index (χ3n) is 11.8. The van der Waals surface area contributed by atoms with Crippen molar-refractivity contribution in [2.75, 3.05) is 0 Å². The van der Waals surface area contributed by atoms with E-state index in [-0.39, 0.29) is 5.60 Å². The van der Waals surface area contributed by atoms with E-state index in [0.29, 0.717) is 22.3 Å². The molecule has 4 saturated carbocycles. The minimum atomic E-state index is -0.387. The molecular formula is C30H47N3O. The van der Waals surface area contributed by atoms with Crippen molar-refractivity contribution in [2.24, 2.45) is 46.3 Å². The summed E-state index contributed by atoms with van der Waals surface area (Å²) in [5.74, 6) is 4.67. The Bertz CT molecular complexity index is 918. The summed E-state index contributed by atoms with van der Waals surface area (Å²) in [6.07, 6.45) is 18.5. The Morgan fingerprint density at radius 2 is 1.91 bits per heavy atom. The van der Waals surface area contributed by atoms with Crippen LogP contribution in [0.25, 0.3) is 0 Å². The van der Waals surface area contributed by atoms with Gasteiger partial charge < -0.3 is 5.11 Å². The molecule has 4 aliphatic rings. The van der Waals surface area contributed by atoms with Crippen molar-refractivity contribution in [3.05, 3.63) is 18.0 Å². The first-order valence-electron chi connectivity index (χ1n) is 14.4.